The second-order valence-corrected chi connectivity index (χ2v) is 5.28. The number of ether oxygens (including phenoxy) is 3. The maximum atomic E-state index is 12.0. The molecule has 0 saturated heterocycles. The van der Waals surface area contributed by atoms with Crippen molar-refractivity contribution in [2.24, 2.45) is 5.73 Å². The van der Waals surface area contributed by atoms with Crippen LogP contribution in [0.25, 0.3) is 0 Å². The van der Waals surface area contributed by atoms with E-state index in [0.29, 0.717) is 5.56 Å². The lowest BCUT2D eigenvalue weighted by atomic mass is 10.1. The van der Waals surface area contributed by atoms with Crippen LogP contribution >= 0.6 is 0 Å². The van der Waals surface area contributed by atoms with Crippen molar-refractivity contribution in [2.75, 3.05) is 6.61 Å². The molecule has 0 radical (unpaired) electrons. The van der Waals surface area contributed by atoms with Gasteiger partial charge in [0.05, 0.1) is 6.61 Å². The Balaban J connectivity index is 2.53. The highest BCUT2D eigenvalue weighted by molar-refractivity contribution is 5.76. The first-order valence-electron chi connectivity index (χ1n) is 7.54. The summed E-state index contributed by atoms with van der Waals surface area (Å²) in [6.45, 7) is 4.97. The van der Waals surface area contributed by atoms with Crippen molar-refractivity contribution in [1.29, 1.82) is 0 Å². The molecule has 0 spiro atoms. The highest BCUT2D eigenvalue weighted by Gasteiger charge is 2.24. The van der Waals surface area contributed by atoms with Crippen molar-refractivity contribution >= 4 is 12.1 Å². The van der Waals surface area contributed by atoms with E-state index < -0.39 is 30.4 Å². The minimum Gasteiger partial charge on any atom is -0.504 e. The molecule has 0 bridgehead atoms. The number of carbonyl (C=O) groups excluding carboxylic acids is 2. The zero-order valence-corrected chi connectivity index (χ0v) is 13.9. The van der Waals surface area contributed by atoms with Crippen molar-refractivity contribution in [1.82, 2.24) is 0 Å². The van der Waals surface area contributed by atoms with Gasteiger partial charge in [-0.15, -0.1) is 0 Å². The first-order valence-corrected chi connectivity index (χ1v) is 7.54. The number of rotatable bonds is 7. The van der Waals surface area contributed by atoms with Gasteiger partial charge in [0.25, 0.3) is 0 Å². The number of benzene rings is 1. The topological polar surface area (TPSA) is 128 Å². The maximum Gasteiger partial charge on any atom is 0.508 e. The molecule has 0 aromatic heterocycles. The Hall–Kier alpha value is -2.48. The van der Waals surface area contributed by atoms with Gasteiger partial charge in [-0.05, 0) is 44.9 Å². The molecule has 0 saturated carbocycles. The van der Waals surface area contributed by atoms with Crippen molar-refractivity contribution < 1.29 is 34.0 Å². The van der Waals surface area contributed by atoms with Gasteiger partial charge < -0.3 is 30.2 Å². The number of esters is 1. The zero-order valence-electron chi connectivity index (χ0n) is 13.9. The molecular weight excluding hydrogens is 318 g/mol. The Bertz CT molecular complexity index is 576. The van der Waals surface area contributed by atoms with Crippen molar-refractivity contribution in [3.05, 3.63) is 23.8 Å². The fraction of sp³-hybridized carbons (Fsp3) is 0.500. The number of hydrogen-bond acceptors (Lipinski definition) is 8. The first-order chi connectivity index (χ1) is 11.2. The highest BCUT2D eigenvalue weighted by atomic mass is 16.7. The van der Waals surface area contributed by atoms with Crippen LogP contribution in [-0.2, 0) is 25.4 Å². The predicted molar refractivity (Wildman–Crippen MR) is 84.6 cm³/mol. The molecule has 4 N–H and O–H groups in total. The van der Waals surface area contributed by atoms with Crippen LogP contribution in [-0.4, -0.2) is 47.2 Å². The molecule has 3 atom stereocenters. The number of phenols is 2. The van der Waals surface area contributed by atoms with E-state index in [1.165, 1.54) is 18.2 Å². The number of phenolic OH excluding ortho intramolecular Hbond substituents is 2. The van der Waals surface area contributed by atoms with Crippen molar-refractivity contribution in [3.63, 3.8) is 0 Å². The Morgan fingerprint density at radius 3 is 2.33 bits per heavy atom. The van der Waals surface area contributed by atoms with E-state index in [-0.39, 0.29) is 24.5 Å². The van der Waals surface area contributed by atoms with E-state index in [4.69, 9.17) is 15.2 Å². The summed E-state index contributed by atoms with van der Waals surface area (Å²) in [4.78, 5) is 23.2. The molecule has 1 rings (SSSR count). The molecule has 0 fully saturated rings. The van der Waals surface area contributed by atoms with E-state index in [1.54, 1.807) is 20.8 Å². The second kappa shape index (κ2) is 8.97. The van der Waals surface area contributed by atoms with E-state index >= 15 is 0 Å². The van der Waals surface area contributed by atoms with Gasteiger partial charge in [-0.25, -0.2) is 4.79 Å². The van der Waals surface area contributed by atoms with Crippen LogP contribution in [0.1, 0.15) is 26.3 Å². The summed E-state index contributed by atoms with van der Waals surface area (Å²) in [6, 6.07) is 3.20. The van der Waals surface area contributed by atoms with Gasteiger partial charge in [-0.2, -0.15) is 0 Å². The molecule has 0 amide bonds. The molecule has 0 aliphatic heterocycles. The van der Waals surface area contributed by atoms with E-state index in [9.17, 15) is 19.8 Å². The van der Waals surface area contributed by atoms with Crippen LogP contribution in [0.5, 0.6) is 11.5 Å². The van der Waals surface area contributed by atoms with Gasteiger partial charge in [0, 0.05) is 0 Å². The predicted octanol–water partition coefficient (Wildman–Crippen LogP) is 1.46. The molecule has 0 heterocycles. The van der Waals surface area contributed by atoms with Crippen molar-refractivity contribution in [2.45, 2.75) is 45.4 Å². The van der Waals surface area contributed by atoms with Gasteiger partial charge in [-0.3, -0.25) is 4.79 Å². The summed E-state index contributed by atoms with van der Waals surface area (Å²) >= 11 is 0. The van der Waals surface area contributed by atoms with Crippen LogP contribution in [0.4, 0.5) is 4.79 Å². The zero-order chi connectivity index (χ0) is 18.3. The lowest BCUT2D eigenvalue weighted by Crippen LogP contribution is -2.39. The number of carbonyl (C=O) groups is 2. The standard InChI is InChI=1S/C16H23NO7/c1-4-22-16(21)24-10(3)9(2)23-15(20)12(17)7-11-5-6-13(18)14(19)8-11/h5-6,8-10,12,18-19H,4,7,17H2,1-3H3/t9-,10-,12+/m1/s1. The third kappa shape index (κ3) is 5.96. The monoisotopic (exact) mass is 341 g/mol. The first kappa shape index (κ1) is 19.6. The molecule has 24 heavy (non-hydrogen) atoms. The molecule has 8 heteroatoms. The quantitative estimate of drug-likeness (QED) is 0.502. The van der Waals surface area contributed by atoms with Gasteiger partial charge in [0.1, 0.15) is 18.2 Å². The largest absolute Gasteiger partial charge is 0.508 e. The van der Waals surface area contributed by atoms with Gasteiger partial charge >= 0.3 is 12.1 Å². The summed E-state index contributed by atoms with van der Waals surface area (Å²) in [5.74, 6) is -1.22. The maximum absolute atomic E-state index is 12.0. The van der Waals surface area contributed by atoms with Gasteiger partial charge in [0.15, 0.2) is 11.5 Å². The van der Waals surface area contributed by atoms with E-state index in [2.05, 4.69) is 4.74 Å². The number of hydrogen-bond donors (Lipinski definition) is 3. The van der Waals surface area contributed by atoms with Crippen LogP contribution in [0.2, 0.25) is 0 Å². The van der Waals surface area contributed by atoms with Crippen LogP contribution < -0.4 is 5.73 Å². The smallest absolute Gasteiger partial charge is 0.504 e. The van der Waals surface area contributed by atoms with E-state index in [0.717, 1.165) is 0 Å². The normalized spacial score (nSPS) is 14.3. The lowest BCUT2D eigenvalue weighted by Gasteiger charge is -2.22. The number of nitrogens with two attached hydrogens (primary N) is 1. The van der Waals surface area contributed by atoms with Crippen LogP contribution in [0, 0.1) is 0 Å². The minimum atomic E-state index is -0.966. The Labute approximate surface area is 140 Å². The summed E-state index contributed by atoms with van der Waals surface area (Å²) in [5.41, 5.74) is 6.35. The highest BCUT2D eigenvalue weighted by Crippen LogP contribution is 2.25. The third-order valence-electron chi connectivity index (χ3n) is 3.31. The Kier molecular flexibility index (Phi) is 7.31. The molecule has 1 aromatic rings. The molecule has 0 aliphatic rings. The fourth-order valence-electron chi connectivity index (χ4n) is 1.80. The molecule has 1 aromatic carbocycles. The SMILES string of the molecule is CCOC(=O)O[C@H](C)[C@@H](C)OC(=O)[C@@H](N)Cc1ccc(O)c(O)c1. The Morgan fingerprint density at radius 1 is 1.12 bits per heavy atom. The molecular formula is C16H23NO7. The van der Waals surface area contributed by atoms with Crippen LogP contribution in [0.15, 0.2) is 18.2 Å². The summed E-state index contributed by atoms with van der Waals surface area (Å²) in [5, 5.41) is 18.7. The molecule has 8 nitrogen and oxygen atoms in total. The lowest BCUT2D eigenvalue weighted by molar-refractivity contribution is -0.155. The summed E-state index contributed by atoms with van der Waals surface area (Å²) < 4.78 is 14.8. The average Bonchev–Trinajstić information content (AvgIpc) is 2.50. The van der Waals surface area contributed by atoms with Gasteiger partial charge in [-0.1, -0.05) is 6.07 Å². The second-order valence-electron chi connectivity index (χ2n) is 5.28. The fourth-order valence-corrected chi connectivity index (χ4v) is 1.80. The summed E-state index contributed by atoms with van der Waals surface area (Å²) in [6.07, 6.45) is -2.12. The van der Waals surface area contributed by atoms with Gasteiger partial charge in [0.2, 0.25) is 0 Å². The van der Waals surface area contributed by atoms with Crippen molar-refractivity contribution in [3.8, 4) is 11.5 Å². The summed E-state index contributed by atoms with van der Waals surface area (Å²) in [7, 11) is 0. The third-order valence-corrected chi connectivity index (χ3v) is 3.31. The molecule has 0 aliphatic carbocycles. The average molecular weight is 341 g/mol. The Morgan fingerprint density at radius 2 is 1.75 bits per heavy atom. The minimum absolute atomic E-state index is 0.118. The molecule has 134 valence electrons. The van der Waals surface area contributed by atoms with Crippen LogP contribution in [0.3, 0.4) is 0 Å². The van der Waals surface area contributed by atoms with E-state index in [1.807, 2.05) is 0 Å². The number of aromatic hydroxyl groups is 2. The molecule has 0 unspecified atom stereocenters.